The molecule has 0 bridgehead atoms. The quantitative estimate of drug-likeness (QED) is 0.886. The van der Waals surface area contributed by atoms with Crippen molar-refractivity contribution < 1.29 is 0 Å². The maximum Gasteiger partial charge on any atom is 0.137 e. The topological polar surface area (TPSA) is 29.3 Å². The Labute approximate surface area is 106 Å². The highest BCUT2D eigenvalue weighted by Gasteiger charge is 2.15. The Kier molecular flexibility index (Phi) is 3.04. The molecule has 90 valence electrons. The predicted molar refractivity (Wildman–Crippen MR) is 69.5 cm³/mol. The minimum absolute atomic E-state index is 0.726. The zero-order chi connectivity index (χ0) is 11.7. The van der Waals surface area contributed by atoms with Crippen molar-refractivity contribution in [2.75, 3.05) is 13.1 Å². The molecule has 0 aliphatic carbocycles. The van der Waals surface area contributed by atoms with Crippen LogP contribution in [0.4, 0.5) is 0 Å². The van der Waals surface area contributed by atoms with E-state index in [1.54, 1.807) is 0 Å². The minimum atomic E-state index is 0.726. The van der Waals surface area contributed by atoms with Crippen molar-refractivity contribution in [2.45, 2.75) is 19.3 Å². The molecule has 0 radical (unpaired) electrons. The lowest BCUT2D eigenvalue weighted by Crippen LogP contribution is -2.30. The second kappa shape index (κ2) is 4.67. The van der Waals surface area contributed by atoms with E-state index in [4.69, 9.17) is 11.6 Å². The average molecular weight is 250 g/mol. The fraction of sp³-hybridized carbons (Fsp3) is 0.462. The molecule has 3 heterocycles. The maximum atomic E-state index is 5.96. The van der Waals surface area contributed by atoms with Crippen LogP contribution in [0.1, 0.15) is 18.5 Å². The van der Waals surface area contributed by atoms with Crippen molar-refractivity contribution in [1.82, 2.24) is 14.7 Å². The number of pyridine rings is 1. The second-order valence-corrected chi connectivity index (χ2v) is 5.20. The monoisotopic (exact) mass is 249 g/mol. The van der Waals surface area contributed by atoms with Crippen LogP contribution in [0, 0.1) is 5.92 Å². The SMILES string of the molecule is Clc1ccc2nc(CC3CCCNC3)cn2c1. The van der Waals surface area contributed by atoms with Crippen molar-refractivity contribution in [3.8, 4) is 0 Å². The summed E-state index contributed by atoms with van der Waals surface area (Å²) in [4.78, 5) is 4.62. The van der Waals surface area contributed by atoms with E-state index in [0.717, 1.165) is 36.1 Å². The average Bonchev–Trinajstić information content (AvgIpc) is 2.71. The molecule has 1 saturated heterocycles. The van der Waals surface area contributed by atoms with Gasteiger partial charge in [0, 0.05) is 12.4 Å². The summed E-state index contributed by atoms with van der Waals surface area (Å²) in [6, 6.07) is 3.85. The number of rotatable bonds is 2. The summed E-state index contributed by atoms with van der Waals surface area (Å²) in [5.41, 5.74) is 2.15. The van der Waals surface area contributed by atoms with Gasteiger partial charge in [0.2, 0.25) is 0 Å². The van der Waals surface area contributed by atoms with Crippen LogP contribution in [0.2, 0.25) is 5.02 Å². The van der Waals surface area contributed by atoms with Gasteiger partial charge < -0.3 is 9.72 Å². The van der Waals surface area contributed by atoms with Crippen molar-refractivity contribution in [2.24, 2.45) is 5.92 Å². The first-order valence-corrected chi connectivity index (χ1v) is 6.53. The zero-order valence-electron chi connectivity index (χ0n) is 9.69. The first-order valence-electron chi connectivity index (χ1n) is 6.15. The highest BCUT2D eigenvalue weighted by Crippen LogP contribution is 2.17. The fourth-order valence-electron chi connectivity index (χ4n) is 2.51. The lowest BCUT2D eigenvalue weighted by atomic mass is 9.95. The lowest BCUT2D eigenvalue weighted by molar-refractivity contribution is 0.374. The summed E-state index contributed by atoms with van der Waals surface area (Å²) in [5, 5.41) is 4.19. The van der Waals surface area contributed by atoms with Gasteiger partial charge in [0.1, 0.15) is 5.65 Å². The van der Waals surface area contributed by atoms with E-state index < -0.39 is 0 Å². The third-order valence-corrected chi connectivity index (χ3v) is 3.59. The molecule has 17 heavy (non-hydrogen) atoms. The molecule has 4 heteroatoms. The molecule has 1 unspecified atom stereocenters. The van der Waals surface area contributed by atoms with Gasteiger partial charge in [-0.05, 0) is 50.4 Å². The van der Waals surface area contributed by atoms with Crippen LogP contribution in [0.25, 0.3) is 5.65 Å². The molecule has 0 saturated carbocycles. The molecule has 1 fully saturated rings. The molecule has 0 amide bonds. The molecule has 1 aliphatic rings. The Morgan fingerprint density at radius 2 is 2.35 bits per heavy atom. The van der Waals surface area contributed by atoms with Gasteiger partial charge in [0.15, 0.2) is 0 Å². The van der Waals surface area contributed by atoms with E-state index in [2.05, 4.69) is 16.5 Å². The number of piperidine rings is 1. The van der Waals surface area contributed by atoms with Crippen LogP contribution in [0.15, 0.2) is 24.5 Å². The van der Waals surface area contributed by atoms with Gasteiger partial charge in [-0.15, -0.1) is 0 Å². The Balaban J connectivity index is 1.80. The van der Waals surface area contributed by atoms with Crippen molar-refractivity contribution >= 4 is 17.2 Å². The van der Waals surface area contributed by atoms with E-state index in [9.17, 15) is 0 Å². The smallest absolute Gasteiger partial charge is 0.137 e. The summed E-state index contributed by atoms with van der Waals surface area (Å²) in [5.74, 6) is 0.726. The van der Waals surface area contributed by atoms with Crippen LogP contribution in [-0.2, 0) is 6.42 Å². The van der Waals surface area contributed by atoms with Gasteiger partial charge in [-0.1, -0.05) is 11.6 Å². The Hall–Kier alpha value is -1.06. The van der Waals surface area contributed by atoms with E-state index in [0.29, 0.717) is 0 Å². The molecule has 1 N–H and O–H groups in total. The molecule has 0 aromatic carbocycles. The Bertz CT molecular complexity index is 514. The largest absolute Gasteiger partial charge is 0.316 e. The van der Waals surface area contributed by atoms with Gasteiger partial charge in [0.25, 0.3) is 0 Å². The summed E-state index contributed by atoms with van der Waals surface area (Å²) in [7, 11) is 0. The number of fused-ring (bicyclic) bond motifs is 1. The number of imidazole rings is 1. The molecular formula is C13H16ClN3. The first kappa shape index (κ1) is 11.1. The third-order valence-electron chi connectivity index (χ3n) is 3.36. The predicted octanol–water partition coefficient (Wildman–Crippen LogP) is 2.53. The van der Waals surface area contributed by atoms with Crippen LogP contribution in [-0.4, -0.2) is 22.5 Å². The maximum absolute atomic E-state index is 5.96. The van der Waals surface area contributed by atoms with Crippen molar-refractivity contribution in [3.63, 3.8) is 0 Å². The van der Waals surface area contributed by atoms with E-state index in [1.807, 2.05) is 22.7 Å². The second-order valence-electron chi connectivity index (χ2n) is 4.76. The van der Waals surface area contributed by atoms with E-state index in [1.165, 1.54) is 18.5 Å². The molecule has 3 rings (SSSR count). The van der Waals surface area contributed by atoms with Crippen molar-refractivity contribution in [1.29, 1.82) is 0 Å². The molecule has 3 nitrogen and oxygen atoms in total. The number of hydrogen-bond acceptors (Lipinski definition) is 2. The molecule has 2 aromatic rings. The fourth-order valence-corrected chi connectivity index (χ4v) is 2.68. The molecule has 2 aromatic heterocycles. The summed E-state index contributed by atoms with van der Waals surface area (Å²) < 4.78 is 2.01. The minimum Gasteiger partial charge on any atom is -0.316 e. The number of halogens is 1. The third kappa shape index (κ3) is 2.45. The standard InChI is InChI=1S/C13H16ClN3/c14-11-3-4-13-16-12(9-17(13)8-11)6-10-2-1-5-15-7-10/h3-4,8-10,15H,1-2,5-7H2. The highest BCUT2D eigenvalue weighted by atomic mass is 35.5. The van der Waals surface area contributed by atoms with Gasteiger partial charge in [-0.2, -0.15) is 0 Å². The summed E-state index contributed by atoms with van der Waals surface area (Å²) in [6.45, 7) is 2.28. The molecular weight excluding hydrogens is 234 g/mol. The van der Waals surface area contributed by atoms with Gasteiger partial charge in [-0.3, -0.25) is 0 Å². The van der Waals surface area contributed by atoms with Gasteiger partial charge in [-0.25, -0.2) is 4.98 Å². The number of nitrogens with zero attached hydrogens (tertiary/aromatic N) is 2. The van der Waals surface area contributed by atoms with Crippen LogP contribution >= 0.6 is 11.6 Å². The number of aromatic nitrogens is 2. The summed E-state index contributed by atoms with van der Waals surface area (Å²) >= 11 is 5.96. The van der Waals surface area contributed by atoms with Gasteiger partial charge >= 0.3 is 0 Å². The normalized spacial score (nSPS) is 20.9. The molecule has 1 atom stereocenters. The van der Waals surface area contributed by atoms with Crippen LogP contribution in [0.5, 0.6) is 0 Å². The Morgan fingerprint density at radius 3 is 3.18 bits per heavy atom. The Morgan fingerprint density at radius 1 is 1.41 bits per heavy atom. The van der Waals surface area contributed by atoms with Crippen LogP contribution < -0.4 is 5.32 Å². The molecule has 1 aliphatic heterocycles. The lowest BCUT2D eigenvalue weighted by Gasteiger charge is -2.21. The van der Waals surface area contributed by atoms with Crippen LogP contribution in [0.3, 0.4) is 0 Å². The first-order chi connectivity index (χ1) is 8.31. The number of hydrogen-bond donors (Lipinski definition) is 1. The van der Waals surface area contributed by atoms with E-state index in [-0.39, 0.29) is 0 Å². The highest BCUT2D eigenvalue weighted by molar-refractivity contribution is 6.30. The van der Waals surface area contributed by atoms with Crippen molar-refractivity contribution in [3.05, 3.63) is 35.2 Å². The summed E-state index contributed by atoms with van der Waals surface area (Å²) in [6.07, 6.45) is 7.65. The zero-order valence-corrected chi connectivity index (χ0v) is 10.5. The molecule has 0 spiro atoms. The number of nitrogens with one attached hydrogen (secondary N) is 1. The van der Waals surface area contributed by atoms with Gasteiger partial charge in [0.05, 0.1) is 10.7 Å². The van der Waals surface area contributed by atoms with E-state index >= 15 is 0 Å².